The van der Waals surface area contributed by atoms with Crippen molar-refractivity contribution in [3.8, 4) is 5.75 Å². The quantitative estimate of drug-likeness (QED) is 0.625. The van der Waals surface area contributed by atoms with Crippen LogP contribution in [0.2, 0.25) is 0 Å². The van der Waals surface area contributed by atoms with E-state index in [4.69, 9.17) is 15.1 Å². The van der Waals surface area contributed by atoms with Gasteiger partial charge in [0.15, 0.2) is 5.78 Å². The lowest BCUT2D eigenvalue weighted by molar-refractivity contribution is -0.135. The number of aliphatic carboxylic acids is 1. The zero-order chi connectivity index (χ0) is 23.3. The molecule has 0 atom stereocenters. The molecule has 1 aromatic heterocycles. The number of carbonyl (C=O) groups is 2. The number of carboxylic acid groups (broad SMARTS) is 1. The lowest BCUT2D eigenvalue weighted by Gasteiger charge is -2.32. The van der Waals surface area contributed by atoms with E-state index in [-0.39, 0.29) is 24.8 Å². The SMILES string of the molecule is CC(C)c1cc(C(=O)CN2Cc3ccc(C4CC4)nc3C2=N)cc2c1OCCN2CC(=O)O. The molecule has 2 aromatic rings. The van der Waals surface area contributed by atoms with Crippen molar-refractivity contribution in [1.29, 1.82) is 5.41 Å². The molecule has 2 aliphatic heterocycles. The number of hydrogen-bond donors (Lipinski definition) is 2. The summed E-state index contributed by atoms with van der Waals surface area (Å²) in [6.07, 6.45) is 2.31. The molecule has 172 valence electrons. The van der Waals surface area contributed by atoms with E-state index < -0.39 is 5.97 Å². The Morgan fingerprint density at radius 3 is 2.70 bits per heavy atom. The fraction of sp³-hybridized carbons (Fsp3) is 0.440. The summed E-state index contributed by atoms with van der Waals surface area (Å²) in [6.45, 7) is 5.34. The van der Waals surface area contributed by atoms with Crippen LogP contribution in [0.25, 0.3) is 0 Å². The van der Waals surface area contributed by atoms with Gasteiger partial charge < -0.3 is 19.6 Å². The van der Waals surface area contributed by atoms with Crippen molar-refractivity contribution in [2.45, 2.75) is 45.1 Å². The van der Waals surface area contributed by atoms with Gasteiger partial charge in [-0.15, -0.1) is 0 Å². The molecule has 0 amide bonds. The molecule has 0 radical (unpaired) electrons. The minimum atomic E-state index is -0.924. The molecular formula is C25H28N4O4. The van der Waals surface area contributed by atoms with E-state index in [0.29, 0.717) is 54.1 Å². The van der Waals surface area contributed by atoms with E-state index in [1.165, 1.54) is 0 Å². The summed E-state index contributed by atoms with van der Waals surface area (Å²) in [4.78, 5) is 32.9. The van der Waals surface area contributed by atoms with E-state index in [1.807, 2.05) is 32.0 Å². The van der Waals surface area contributed by atoms with Crippen LogP contribution in [0.3, 0.4) is 0 Å². The molecule has 8 heteroatoms. The van der Waals surface area contributed by atoms with Crippen LogP contribution in [-0.2, 0) is 11.3 Å². The standard InChI is InChI=1S/C25H28N4O4/c1-14(2)18-9-17(10-20-24(18)33-8-7-28(20)13-22(31)32)21(30)12-29-11-16-5-6-19(15-3-4-15)27-23(16)25(29)26/h5-6,9-10,14-15,26H,3-4,7-8,11-13H2,1-2H3,(H,31,32). The Morgan fingerprint density at radius 1 is 1.21 bits per heavy atom. The summed E-state index contributed by atoms with van der Waals surface area (Å²) in [7, 11) is 0. The van der Waals surface area contributed by atoms with Crippen molar-refractivity contribution < 1.29 is 19.4 Å². The number of carboxylic acids is 1. The van der Waals surface area contributed by atoms with Crippen molar-refractivity contribution in [1.82, 2.24) is 9.88 Å². The highest BCUT2D eigenvalue weighted by Gasteiger charge is 2.32. The molecule has 1 aliphatic carbocycles. The van der Waals surface area contributed by atoms with Crippen LogP contribution in [0.1, 0.15) is 71.4 Å². The van der Waals surface area contributed by atoms with Crippen molar-refractivity contribution in [2.24, 2.45) is 0 Å². The average molecular weight is 449 g/mol. The van der Waals surface area contributed by atoms with E-state index in [9.17, 15) is 14.7 Å². The zero-order valence-corrected chi connectivity index (χ0v) is 18.9. The lowest BCUT2D eigenvalue weighted by Crippen LogP contribution is -2.37. The van der Waals surface area contributed by atoms with Gasteiger partial charge >= 0.3 is 5.97 Å². The molecule has 5 rings (SSSR count). The molecule has 1 saturated carbocycles. The number of anilines is 1. The normalized spacial score (nSPS) is 17.1. The highest BCUT2D eigenvalue weighted by atomic mass is 16.5. The number of ketones is 1. The Hall–Kier alpha value is -3.42. The van der Waals surface area contributed by atoms with Gasteiger partial charge in [-0.25, -0.2) is 4.98 Å². The summed E-state index contributed by atoms with van der Waals surface area (Å²) in [5, 5.41) is 17.9. The molecule has 1 fully saturated rings. The number of amidine groups is 1. The highest BCUT2D eigenvalue weighted by molar-refractivity contribution is 6.05. The van der Waals surface area contributed by atoms with Crippen molar-refractivity contribution in [3.63, 3.8) is 0 Å². The van der Waals surface area contributed by atoms with Gasteiger partial charge in [0.1, 0.15) is 30.4 Å². The van der Waals surface area contributed by atoms with Gasteiger partial charge in [-0.3, -0.25) is 15.0 Å². The second-order valence-electron chi connectivity index (χ2n) is 9.38. The van der Waals surface area contributed by atoms with Gasteiger partial charge in [0.25, 0.3) is 0 Å². The number of benzene rings is 1. The van der Waals surface area contributed by atoms with Gasteiger partial charge in [-0.05, 0) is 42.5 Å². The van der Waals surface area contributed by atoms with E-state index in [1.54, 1.807) is 15.9 Å². The van der Waals surface area contributed by atoms with Crippen LogP contribution >= 0.6 is 0 Å². The molecule has 0 bridgehead atoms. The lowest BCUT2D eigenvalue weighted by atomic mass is 9.95. The number of nitrogens with one attached hydrogen (secondary N) is 1. The number of ether oxygens (including phenoxy) is 1. The monoisotopic (exact) mass is 448 g/mol. The predicted molar refractivity (Wildman–Crippen MR) is 124 cm³/mol. The summed E-state index contributed by atoms with van der Waals surface area (Å²) < 4.78 is 5.89. The fourth-order valence-electron chi connectivity index (χ4n) is 4.60. The van der Waals surface area contributed by atoms with Crippen molar-refractivity contribution in [3.05, 3.63) is 52.3 Å². The number of nitrogens with zero attached hydrogens (tertiary/aromatic N) is 3. The predicted octanol–water partition coefficient (Wildman–Crippen LogP) is 3.39. The van der Waals surface area contributed by atoms with Gasteiger partial charge in [-0.2, -0.15) is 0 Å². The van der Waals surface area contributed by atoms with Crippen LogP contribution in [0, 0.1) is 5.41 Å². The third-order valence-electron chi connectivity index (χ3n) is 6.55. The smallest absolute Gasteiger partial charge is 0.323 e. The van der Waals surface area contributed by atoms with Crippen molar-refractivity contribution >= 4 is 23.3 Å². The van der Waals surface area contributed by atoms with E-state index in [0.717, 1.165) is 29.7 Å². The van der Waals surface area contributed by atoms with Crippen molar-refractivity contribution in [2.75, 3.05) is 31.1 Å². The van der Waals surface area contributed by atoms with Crippen LogP contribution in [0.5, 0.6) is 5.75 Å². The van der Waals surface area contributed by atoms with Gasteiger partial charge in [-0.1, -0.05) is 19.9 Å². The largest absolute Gasteiger partial charge is 0.489 e. The minimum Gasteiger partial charge on any atom is -0.489 e. The molecule has 0 unspecified atom stereocenters. The van der Waals surface area contributed by atoms with Gasteiger partial charge in [0, 0.05) is 29.3 Å². The molecule has 0 saturated heterocycles. The first-order valence-corrected chi connectivity index (χ1v) is 11.5. The zero-order valence-electron chi connectivity index (χ0n) is 18.9. The molecule has 1 aromatic carbocycles. The average Bonchev–Trinajstić information content (AvgIpc) is 3.58. The number of aromatic nitrogens is 1. The maximum absolute atomic E-state index is 13.3. The summed E-state index contributed by atoms with van der Waals surface area (Å²) in [5.41, 5.74) is 4.75. The van der Waals surface area contributed by atoms with Crippen LogP contribution in [0.15, 0.2) is 24.3 Å². The molecule has 3 aliphatic rings. The maximum Gasteiger partial charge on any atom is 0.323 e. The first-order valence-electron chi connectivity index (χ1n) is 11.5. The molecular weight excluding hydrogens is 420 g/mol. The summed E-state index contributed by atoms with van der Waals surface area (Å²) in [5.74, 6) is 0.536. The molecule has 8 nitrogen and oxygen atoms in total. The second-order valence-corrected chi connectivity index (χ2v) is 9.38. The minimum absolute atomic E-state index is 0.0735. The van der Waals surface area contributed by atoms with E-state index in [2.05, 4.69) is 0 Å². The Morgan fingerprint density at radius 2 is 2.00 bits per heavy atom. The second kappa shape index (κ2) is 8.17. The summed E-state index contributed by atoms with van der Waals surface area (Å²) in [6, 6.07) is 7.67. The topological polar surface area (TPSA) is 107 Å². The van der Waals surface area contributed by atoms with E-state index >= 15 is 0 Å². The van der Waals surface area contributed by atoms with Crippen LogP contribution < -0.4 is 9.64 Å². The molecule has 33 heavy (non-hydrogen) atoms. The fourth-order valence-corrected chi connectivity index (χ4v) is 4.60. The van der Waals surface area contributed by atoms with Crippen LogP contribution in [-0.4, -0.2) is 58.8 Å². The van der Waals surface area contributed by atoms with Gasteiger partial charge in [0.05, 0.1) is 18.8 Å². The number of fused-ring (bicyclic) bond motifs is 2. The van der Waals surface area contributed by atoms with Crippen LogP contribution in [0.4, 0.5) is 5.69 Å². The maximum atomic E-state index is 13.3. The first-order chi connectivity index (χ1) is 15.8. The number of hydrogen-bond acceptors (Lipinski definition) is 6. The summed E-state index contributed by atoms with van der Waals surface area (Å²) >= 11 is 0. The first kappa shape index (κ1) is 21.4. The Bertz CT molecular complexity index is 1160. The molecule has 3 heterocycles. The Labute approximate surface area is 192 Å². The third-order valence-corrected chi connectivity index (χ3v) is 6.55. The molecule has 0 spiro atoms. The number of rotatable bonds is 7. The Balaban J connectivity index is 1.41. The number of carbonyl (C=O) groups excluding carboxylic acids is 1. The highest BCUT2D eigenvalue weighted by Crippen LogP contribution is 2.41. The number of pyridine rings is 1. The van der Waals surface area contributed by atoms with Gasteiger partial charge in [0.2, 0.25) is 0 Å². The molecule has 2 N–H and O–H groups in total. The Kier molecular flexibility index (Phi) is 5.31. The number of Topliss-reactive ketones (excluding diaryl/α,β-unsaturated/α-hetero) is 1. The third kappa shape index (κ3) is 4.05.